The highest BCUT2D eigenvalue weighted by Gasteiger charge is 2.25. The third-order valence-corrected chi connectivity index (χ3v) is 3.23. The predicted molar refractivity (Wildman–Crippen MR) is 53.1 cm³/mol. The van der Waals surface area contributed by atoms with Gasteiger partial charge in [0, 0.05) is 5.88 Å². The van der Waals surface area contributed by atoms with Crippen LogP contribution < -0.4 is 0 Å². The van der Waals surface area contributed by atoms with Gasteiger partial charge in [0.1, 0.15) is 0 Å². The fourth-order valence-corrected chi connectivity index (χ4v) is 1.38. The van der Waals surface area contributed by atoms with Gasteiger partial charge in [-0.1, -0.05) is 26.8 Å². The van der Waals surface area contributed by atoms with Crippen LogP contribution in [0.5, 0.6) is 0 Å². The molecule has 0 heterocycles. The predicted octanol–water partition coefficient (Wildman–Crippen LogP) is 3.85. The molecule has 0 N–H and O–H groups in total. The molecule has 0 rings (SSSR count). The van der Waals surface area contributed by atoms with E-state index < -0.39 is 0 Å². The number of halogens is 1. The summed E-state index contributed by atoms with van der Waals surface area (Å²) < 4.78 is 0. The molecule has 0 amide bonds. The Morgan fingerprint density at radius 3 is 2.36 bits per heavy atom. The molecule has 1 heteroatoms. The maximum atomic E-state index is 5.91. The molecule has 0 radical (unpaired) electrons. The second-order valence-corrected chi connectivity index (χ2v) is 4.04. The maximum absolute atomic E-state index is 5.91. The van der Waals surface area contributed by atoms with Crippen molar-refractivity contribution in [1.82, 2.24) is 0 Å². The molecule has 0 aliphatic heterocycles. The van der Waals surface area contributed by atoms with Gasteiger partial charge in [-0.05, 0) is 24.2 Å². The molecule has 0 fully saturated rings. The number of hydrogen-bond acceptors (Lipinski definition) is 0. The van der Waals surface area contributed by atoms with Crippen LogP contribution in [-0.2, 0) is 0 Å². The molecular formula is C10H19Cl. The van der Waals surface area contributed by atoms with Crippen molar-refractivity contribution in [1.29, 1.82) is 0 Å². The second-order valence-electron chi connectivity index (χ2n) is 3.77. The molecule has 1 unspecified atom stereocenters. The summed E-state index contributed by atoms with van der Waals surface area (Å²) in [6.07, 6.45) is 4.19. The zero-order valence-corrected chi connectivity index (χ0v) is 8.62. The number of hydrogen-bond donors (Lipinski definition) is 0. The van der Waals surface area contributed by atoms with E-state index in [0.717, 1.165) is 18.7 Å². The van der Waals surface area contributed by atoms with E-state index in [2.05, 4.69) is 27.4 Å². The van der Waals surface area contributed by atoms with Crippen LogP contribution in [0.25, 0.3) is 0 Å². The number of rotatable bonds is 5. The van der Waals surface area contributed by atoms with Crippen LogP contribution in [-0.4, -0.2) is 5.88 Å². The minimum Gasteiger partial charge on any atom is -0.126 e. The summed E-state index contributed by atoms with van der Waals surface area (Å²) in [6, 6.07) is 0. The van der Waals surface area contributed by atoms with Crippen LogP contribution in [0.3, 0.4) is 0 Å². The Bertz CT molecular complexity index is 118. The zero-order chi connectivity index (χ0) is 8.91. The van der Waals surface area contributed by atoms with E-state index in [1.54, 1.807) is 0 Å². The third-order valence-electron chi connectivity index (χ3n) is 2.62. The smallest absolute Gasteiger partial charge is 0.0279 e. The second kappa shape index (κ2) is 4.82. The van der Waals surface area contributed by atoms with Crippen molar-refractivity contribution in [3.8, 4) is 0 Å². The van der Waals surface area contributed by atoms with Crippen molar-refractivity contribution >= 4 is 11.6 Å². The van der Waals surface area contributed by atoms with Crippen molar-refractivity contribution < 1.29 is 0 Å². The lowest BCUT2D eigenvalue weighted by Crippen LogP contribution is -2.25. The van der Waals surface area contributed by atoms with E-state index in [0.29, 0.717) is 5.92 Å². The summed E-state index contributed by atoms with van der Waals surface area (Å²) in [5.41, 5.74) is 0.287. The Kier molecular flexibility index (Phi) is 4.83. The number of allylic oxidation sites excluding steroid dienone is 1. The summed E-state index contributed by atoms with van der Waals surface area (Å²) >= 11 is 5.91. The molecular weight excluding hydrogens is 156 g/mol. The fraction of sp³-hybridized carbons (Fsp3) is 0.800. The average Bonchev–Trinajstić information content (AvgIpc) is 2.00. The van der Waals surface area contributed by atoms with Gasteiger partial charge in [-0.15, -0.1) is 18.2 Å². The highest BCUT2D eigenvalue weighted by Crippen LogP contribution is 2.33. The van der Waals surface area contributed by atoms with E-state index in [1.165, 1.54) is 0 Å². The molecule has 0 aromatic carbocycles. The third kappa shape index (κ3) is 3.29. The average molecular weight is 175 g/mol. The monoisotopic (exact) mass is 174 g/mol. The molecule has 0 aliphatic rings. The Morgan fingerprint density at radius 2 is 2.09 bits per heavy atom. The lowest BCUT2D eigenvalue weighted by atomic mass is 9.77. The zero-order valence-electron chi connectivity index (χ0n) is 7.86. The van der Waals surface area contributed by atoms with Crippen LogP contribution in [0.1, 0.15) is 33.6 Å². The van der Waals surface area contributed by atoms with E-state index in [1.807, 2.05) is 6.08 Å². The summed E-state index contributed by atoms with van der Waals surface area (Å²) in [5.74, 6) is 1.40. The highest BCUT2D eigenvalue weighted by molar-refractivity contribution is 6.18. The van der Waals surface area contributed by atoms with Crippen LogP contribution in [0, 0.1) is 11.3 Å². The minimum absolute atomic E-state index is 0.287. The molecule has 11 heavy (non-hydrogen) atoms. The van der Waals surface area contributed by atoms with Crippen molar-refractivity contribution in [3.63, 3.8) is 0 Å². The highest BCUT2D eigenvalue weighted by atomic mass is 35.5. The van der Waals surface area contributed by atoms with Crippen molar-refractivity contribution in [2.24, 2.45) is 11.3 Å². The SMILES string of the molecule is C=CCCC(C)(CCl)C(C)C. The molecule has 66 valence electrons. The maximum Gasteiger partial charge on any atom is 0.0279 e. The fourth-order valence-electron chi connectivity index (χ4n) is 0.942. The van der Waals surface area contributed by atoms with Crippen LogP contribution in [0.4, 0.5) is 0 Å². The van der Waals surface area contributed by atoms with Gasteiger partial charge in [0.05, 0.1) is 0 Å². The van der Waals surface area contributed by atoms with Gasteiger partial charge in [-0.25, -0.2) is 0 Å². The van der Waals surface area contributed by atoms with Gasteiger partial charge in [-0.2, -0.15) is 0 Å². The lowest BCUT2D eigenvalue weighted by molar-refractivity contribution is 0.236. The van der Waals surface area contributed by atoms with E-state index in [9.17, 15) is 0 Å². The summed E-state index contributed by atoms with van der Waals surface area (Å²) in [4.78, 5) is 0. The van der Waals surface area contributed by atoms with Crippen LogP contribution in [0.2, 0.25) is 0 Å². The molecule has 0 aromatic rings. The topological polar surface area (TPSA) is 0 Å². The molecule has 0 saturated carbocycles. The Hall–Kier alpha value is 0.0300. The van der Waals surface area contributed by atoms with Crippen molar-refractivity contribution in [3.05, 3.63) is 12.7 Å². The molecule has 0 aliphatic carbocycles. The lowest BCUT2D eigenvalue weighted by Gasteiger charge is -2.31. The molecule has 0 saturated heterocycles. The molecule has 0 aromatic heterocycles. The van der Waals surface area contributed by atoms with Gasteiger partial charge in [0.15, 0.2) is 0 Å². The molecule has 0 nitrogen and oxygen atoms in total. The summed E-state index contributed by atoms with van der Waals surface area (Å²) in [6.45, 7) is 10.4. The van der Waals surface area contributed by atoms with Crippen LogP contribution >= 0.6 is 11.6 Å². The normalized spacial score (nSPS) is 16.5. The van der Waals surface area contributed by atoms with Gasteiger partial charge in [0.25, 0.3) is 0 Å². The van der Waals surface area contributed by atoms with Crippen molar-refractivity contribution in [2.45, 2.75) is 33.6 Å². The Labute approximate surface area is 75.6 Å². The van der Waals surface area contributed by atoms with Gasteiger partial charge in [0.2, 0.25) is 0 Å². The first kappa shape index (κ1) is 11.0. The summed E-state index contributed by atoms with van der Waals surface area (Å²) in [5, 5.41) is 0. The minimum atomic E-state index is 0.287. The first-order valence-corrected chi connectivity index (χ1v) is 4.77. The number of alkyl halides is 1. The quantitative estimate of drug-likeness (QED) is 0.439. The van der Waals surface area contributed by atoms with E-state index in [4.69, 9.17) is 11.6 Å². The molecule has 0 spiro atoms. The van der Waals surface area contributed by atoms with Crippen LogP contribution in [0.15, 0.2) is 12.7 Å². The first-order valence-electron chi connectivity index (χ1n) is 4.23. The van der Waals surface area contributed by atoms with Gasteiger partial charge in [-0.3, -0.25) is 0 Å². The van der Waals surface area contributed by atoms with E-state index in [-0.39, 0.29) is 5.41 Å². The van der Waals surface area contributed by atoms with Crippen molar-refractivity contribution in [2.75, 3.05) is 5.88 Å². The Morgan fingerprint density at radius 1 is 1.55 bits per heavy atom. The van der Waals surface area contributed by atoms with Gasteiger partial charge < -0.3 is 0 Å². The Balaban J connectivity index is 3.98. The van der Waals surface area contributed by atoms with E-state index >= 15 is 0 Å². The summed E-state index contributed by atoms with van der Waals surface area (Å²) in [7, 11) is 0. The largest absolute Gasteiger partial charge is 0.126 e. The molecule has 1 atom stereocenters. The molecule has 0 bridgehead atoms. The van der Waals surface area contributed by atoms with Gasteiger partial charge >= 0.3 is 0 Å². The first-order chi connectivity index (χ1) is 5.06. The standard InChI is InChI=1S/C10H19Cl/c1-5-6-7-10(4,8-11)9(2)3/h5,9H,1,6-8H2,2-4H3.